The van der Waals surface area contributed by atoms with E-state index in [1.165, 1.54) is 206 Å². The average molecular weight is 1430 g/mol. The molecule has 4 atom stereocenters. The molecule has 0 bridgehead atoms. The molecule has 0 aliphatic rings. The molecule has 0 aliphatic heterocycles. The number of carboxylic acids is 6. The lowest BCUT2D eigenvalue weighted by atomic mass is 10.1. The van der Waals surface area contributed by atoms with Crippen LogP contribution in [0.1, 0.15) is 181 Å². The lowest BCUT2D eigenvalue weighted by Crippen LogP contribution is -3.17. The molecule has 0 spiro atoms. The quantitative estimate of drug-likeness (QED) is 0.0206. The SMILES string of the molecule is CCCCCCCCCCCCCC[NH+](CCCC[NH+](CCCCCCCCCCCCCC)CC(C[NH3+])[NH2+]CCS)CC(C[NH3+])[NH2+]CCS.O=C([O-])C(F)(F)F.O=C([O-])C(F)(F)F.O=C([O-])C(F)(F)F.O=C([O-])C(F)(F)F.O=C([O-])C(F)(F)F.O=C([O-])C(F)(F)F. The molecule has 12 N–H and O–H groups in total. The van der Waals surface area contributed by atoms with Crippen LogP contribution in [0.2, 0.25) is 0 Å². The molecule has 92 heavy (non-hydrogen) atoms. The Labute approximate surface area is 536 Å². The summed E-state index contributed by atoms with van der Waals surface area (Å²) in [6, 6.07) is 1.28. The lowest BCUT2D eigenvalue weighted by Gasteiger charge is -2.24. The second-order valence-corrected chi connectivity index (χ2v) is 21.6. The van der Waals surface area contributed by atoms with Gasteiger partial charge in [0.1, 0.15) is 62.0 Å². The molecule has 0 radical (unpaired) electrons. The zero-order valence-electron chi connectivity index (χ0n) is 52.2. The van der Waals surface area contributed by atoms with Gasteiger partial charge in [0.15, 0.2) is 12.1 Å². The number of unbranched alkanes of at least 4 members (excludes halogenated alkanes) is 23. The third-order valence-electron chi connectivity index (χ3n) is 12.6. The van der Waals surface area contributed by atoms with Crippen LogP contribution in [-0.4, -0.2) is 162 Å². The van der Waals surface area contributed by atoms with E-state index in [0.29, 0.717) is 12.1 Å². The highest BCUT2D eigenvalue weighted by Gasteiger charge is 2.32. The zero-order valence-corrected chi connectivity index (χ0v) is 54.0. The number of carbonyl (C=O) groups is 6. The van der Waals surface area contributed by atoms with Crippen molar-refractivity contribution in [2.75, 3.05) is 77.0 Å². The number of alkyl halides is 18. The Kier molecular flexibility index (Phi) is 68.3. The first-order valence-corrected chi connectivity index (χ1v) is 31.4. The van der Waals surface area contributed by atoms with Crippen molar-refractivity contribution >= 4 is 61.1 Å². The zero-order chi connectivity index (χ0) is 73.1. The molecule has 18 nitrogen and oxygen atoms in total. The summed E-state index contributed by atoms with van der Waals surface area (Å²) in [7, 11) is 0. The smallest absolute Gasteiger partial charge is 0.430 e. The summed E-state index contributed by atoms with van der Waals surface area (Å²) in [4.78, 5) is 56.4. The predicted octanol–water partition coefficient (Wildman–Crippen LogP) is -1.06. The second kappa shape index (κ2) is 61.9. The number of thiol groups is 2. The maximum absolute atomic E-state index is 10.5. The van der Waals surface area contributed by atoms with Gasteiger partial charge in [-0.2, -0.15) is 104 Å². The van der Waals surface area contributed by atoms with Gasteiger partial charge in [0, 0.05) is 24.3 Å². The minimum atomic E-state index is -5.19. The van der Waals surface area contributed by atoms with Gasteiger partial charge in [-0.3, -0.25) is 0 Å². The highest BCUT2D eigenvalue weighted by Crippen LogP contribution is 2.16. The van der Waals surface area contributed by atoms with Gasteiger partial charge in [0.05, 0.1) is 39.3 Å². The van der Waals surface area contributed by atoms with E-state index in [1.54, 1.807) is 0 Å². The minimum Gasteiger partial charge on any atom is -0.542 e. The van der Waals surface area contributed by atoms with Crippen molar-refractivity contribution in [3.8, 4) is 0 Å². The molecule has 0 amide bonds. The molecular formula is C54H98F18N6O12S2. The van der Waals surface area contributed by atoms with Gasteiger partial charge in [-0.25, -0.2) is 0 Å². The molecule has 0 rings (SSSR count). The van der Waals surface area contributed by atoms with Crippen molar-refractivity contribution in [3.63, 3.8) is 0 Å². The minimum absolute atomic E-state index is 0.641. The maximum atomic E-state index is 10.5. The second-order valence-electron chi connectivity index (χ2n) is 20.7. The van der Waals surface area contributed by atoms with Gasteiger partial charge in [-0.15, -0.1) is 0 Å². The van der Waals surface area contributed by atoms with E-state index >= 15 is 0 Å². The van der Waals surface area contributed by atoms with Crippen molar-refractivity contribution in [2.24, 2.45) is 0 Å². The first-order valence-electron chi connectivity index (χ1n) is 30.1. The molecule has 0 saturated heterocycles. The molecule has 0 aromatic carbocycles. The average Bonchev–Trinajstić information content (AvgIpc) is 3.39. The summed E-state index contributed by atoms with van der Waals surface area (Å²) >= 11 is 8.97. The fourth-order valence-electron chi connectivity index (χ4n) is 7.81. The first-order chi connectivity index (χ1) is 42.3. The number of hydrogen-bond donors (Lipinski definition) is 8. The molecular weight excluding hydrogens is 1330 g/mol. The van der Waals surface area contributed by atoms with E-state index in [0.717, 1.165) is 37.7 Å². The van der Waals surface area contributed by atoms with Crippen LogP contribution in [0.3, 0.4) is 0 Å². The van der Waals surface area contributed by atoms with Crippen molar-refractivity contribution in [3.05, 3.63) is 0 Å². The topological polar surface area (TPSA) is 338 Å². The number of carbonyl (C=O) groups excluding carboxylic acids is 6. The summed E-state index contributed by atoms with van der Waals surface area (Å²) in [5.74, 6) is -16.1. The van der Waals surface area contributed by atoms with Gasteiger partial charge < -0.3 is 91.3 Å². The molecule has 0 aromatic heterocycles. The van der Waals surface area contributed by atoms with Crippen molar-refractivity contribution in [2.45, 2.75) is 230 Å². The van der Waals surface area contributed by atoms with Gasteiger partial charge >= 0.3 is 37.1 Å². The number of quaternary nitrogens is 6. The fraction of sp³-hybridized carbons (Fsp3) is 0.889. The van der Waals surface area contributed by atoms with E-state index in [-0.39, 0.29) is 0 Å². The Hall–Kier alpha value is -3.98. The summed E-state index contributed by atoms with van der Waals surface area (Å²) in [6.07, 6.45) is 5.94. The van der Waals surface area contributed by atoms with Gasteiger partial charge in [-0.05, 0) is 25.7 Å². The number of aliphatic carboxylic acids is 6. The van der Waals surface area contributed by atoms with Crippen molar-refractivity contribution in [1.82, 2.24) is 0 Å². The number of halogens is 18. The molecule has 554 valence electrons. The third-order valence-corrected chi connectivity index (χ3v) is 13.1. The van der Waals surface area contributed by atoms with E-state index in [2.05, 4.69) is 61.2 Å². The third kappa shape index (κ3) is 82.1. The van der Waals surface area contributed by atoms with Crippen LogP contribution in [0.5, 0.6) is 0 Å². The molecule has 0 aliphatic carbocycles. The molecule has 0 fully saturated rings. The molecule has 0 saturated carbocycles. The Balaban J connectivity index is -0.000000270. The summed E-state index contributed by atoms with van der Waals surface area (Å²) in [6.45, 7) is 16.8. The Morgan fingerprint density at radius 3 is 0.598 bits per heavy atom. The van der Waals surface area contributed by atoms with Crippen LogP contribution in [0.4, 0.5) is 79.0 Å². The number of nitrogens with two attached hydrogens (primary N) is 2. The van der Waals surface area contributed by atoms with Gasteiger partial charge in [-0.1, -0.05) is 142 Å². The van der Waals surface area contributed by atoms with Crippen LogP contribution in [0.25, 0.3) is 0 Å². The normalized spacial score (nSPS) is 12.9. The highest BCUT2D eigenvalue weighted by molar-refractivity contribution is 7.80. The largest absolute Gasteiger partial charge is 0.542 e. The Bertz CT molecular complexity index is 1560. The van der Waals surface area contributed by atoms with Crippen LogP contribution in [0.15, 0.2) is 0 Å². The number of rotatable bonds is 43. The maximum Gasteiger partial charge on any atom is 0.430 e. The number of carboxylic acid groups (broad SMARTS) is 6. The summed E-state index contributed by atoms with van der Waals surface area (Å²) in [5.41, 5.74) is 8.64. The van der Waals surface area contributed by atoms with E-state index in [9.17, 15) is 79.0 Å². The lowest BCUT2D eigenvalue weighted by molar-refractivity contribution is -0.927. The first kappa shape index (κ1) is 102. The van der Waals surface area contributed by atoms with Crippen molar-refractivity contribution < 1.29 is 170 Å². The summed E-state index contributed by atoms with van der Waals surface area (Å²) in [5, 5.41) is 57.7. The summed E-state index contributed by atoms with van der Waals surface area (Å²) < 4.78 is 189. The van der Waals surface area contributed by atoms with E-state index in [1.807, 2.05) is 9.80 Å². The standard InChI is InChI=1S/C42H92N6S2.6C2HF3O2/c1-3-5-7-9-11-13-15-17-19-21-23-25-31-47(39-41(37-43)45-29-35-49)33-27-28-34-48(40-42(38-44)46-30-36-50)32-26-24-22-20-18-16-14-12-10-8-6-4-2;6*3-2(4,5)1(6)7/h41-42,45-46,49-50H,3-40,43-44H2,1-2H3;6*(H,6,7). The van der Waals surface area contributed by atoms with Crippen LogP contribution in [0, 0.1) is 0 Å². The molecule has 4 unspecified atom stereocenters. The predicted molar refractivity (Wildman–Crippen MR) is 293 cm³/mol. The molecule has 0 heterocycles. The van der Waals surface area contributed by atoms with E-state index in [4.69, 9.17) is 59.4 Å². The Morgan fingerprint density at radius 2 is 0.467 bits per heavy atom. The monoisotopic (exact) mass is 1430 g/mol. The fourth-order valence-corrected chi connectivity index (χ4v) is 8.11. The number of hydrogen-bond acceptors (Lipinski definition) is 14. The van der Waals surface area contributed by atoms with Crippen molar-refractivity contribution in [1.29, 1.82) is 0 Å². The number of nitrogens with one attached hydrogen (secondary N) is 2. The Morgan fingerprint density at radius 1 is 0.326 bits per heavy atom. The van der Waals surface area contributed by atoms with Crippen LogP contribution >= 0.6 is 25.3 Å². The van der Waals surface area contributed by atoms with Gasteiger partial charge in [0.25, 0.3) is 0 Å². The molecule has 0 aromatic rings. The van der Waals surface area contributed by atoms with Crippen LogP contribution < -0.4 is 62.5 Å². The molecule has 38 heteroatoms. The van der Waals surface area contributed by atoms with Gasteiger partial charge in [0.2, 0.25) is 0 Å². The van der Waals surface area contributed by atoms with Crippen LogP contribution in [-0.2, 0) is 28.8 Å². The highest BCUT2D eigenvalue weighted by atomic mass is 32.1. The van der Waals surface area contributed by atoms with E-state index < -0.39 is 72.9 Å².